The van der Waals surface area contributed by atoms with Crippen LogP contribution in [0.5, 0.6) is 0 Å². The highest BCUT2D eigenvalue weighted by Crippen LogP contribution is 2.42. The van der Waals surface area contributed by atoms with Crippen molar-refractivity contribution < 1.29 is 19.1 Å². The maximum atomic E-state index is 13.1. The number of Topliss-reactive ketones (excluding diaryl/α,β-unsaturated/α-hetero) is 1. The van der Waals surface area contributed by atoms with Crippen molar-refractivity contribution in [3.8, 4) is 0 Å². The number of ether oxygens (including phenoxy) is 1. The van der Waals surface area contributed by atoms with Gasteiger partial charge >= 0.3 is 11.7 Å². The van der Waals surface area contributed by atoms with Crippen LogP contribution in [0.15, 0.2) is 33.9 Å². The Morgan fingerprint density at radius 1 is 1.15 bits per heavy atom. The van der Waals surface area contributed by atoms with Crippen molar-refractivity contribution in [3.63, 3.8) is 0 Å². The van der Waals surface area contributed by atoms with Crippen molar-refractivity contribution >= 4 is 29.3 Å². The lowest BCUT2D eigenvalue weighted by Crippen LogP contribution is -2.55. The predicted molar refractivity (Wildman–Crippen MR) is 121 cm³/mol. The molecule has 0 radical (unpaired) electrons. The quantitative estimate of drug-likeness (QED) is 0.589. The van der Waals surface area contributed by atoms with Crippen LogP contribution in [0.4, 0.5) is 0 Å². The van der Waals surface area contributed by atoms with Crippen LogP contribution in [-0.2, 0) is 31.1 Å². The molecule has 0 saturated heterocycles. The van der Waals surface area contributed by atoms with E-state index in [2.05, 4.69) is 9.97 Å². The van der Waals surface area contributed by atoms with Gasteiger partial charge in [0, 0.05) is 41.7 Å². The molecule has 2 aromatic rings. The van der Waals surface area contributed by atoms with Gasteiger partial charge in [0.15, 0.2) is 12.4 Å². The molecule has 1 aliphatic rings. The molecule has 0 bridgehead atoms. The molecule has 1 heterocycles. The number of rotatable bonds is 7. The second-order valence-corrected chi connectivity index (χ2v) is 8.50. The number of aromatic nitrogens is 2. The number of carbonyl (C=O) groups excluding carboxylic acids is 3. The van der Waals surface area contributed by atoms with E-state index in [-0.39, 0.29) is 24.2 Å². The molecule has 10 heteroatoms. The zero-order valence-corrected chi connectivity index (χ0v) is 19.3. The summed E-state index contributed by atoms with van der Waals surface area (Å²) in [5.74, 6) is -1.31. The lowest BCUT2D eigenvalue weighted by atomic mass is 9.74. The highest BCUT2D eigenvalue weighted by molar-refractivity contribution is 6.31. The van der Waals surface area contributed by atoms with Crippen LogP contribution in [0.25, 0.3) is 0 Å². The van der Waals surface area contributed by atoms with Crippen LogP contribution in [0.2, 0.25) is 5.02 Å². The molecule has 0 aliphatic heterocycles. The van der Waals surface area contributed by atoms with Gasteiger partial charge in [-0.3, -0.25) is 24.2 Å². The van der Waals surface area contributed by atoms with Crippen LogP contribution in [0.3, 0.4) is 0 Å². The average Bonchev–Trinajstić information content (AvgIpc) is 2.77. The van der Waals surface area contributed by atoms with Crippen molar-refractivity contribution in [2.75, 3.05) is 13.7 Å². The standard InChI is InChI=1S/C23H26ClN3O6/c1-14-15(21(31)26-22(32)25-14)10-11-20(30)33-13-19(29)27(2)23(12-6-5-9-18(23)28)16-7-3-4-8-17(16)24/h3-4,7-8H,5-6,9-13H2,1-2H3,(H2,25,26,31,32). The number of nitrogens with one attached hydrogen (secondary N) is 2. The van der Waals surface area contributed by atoms with Gasteiger partial charge in [0.2, 0.25) is 0 Å². The largest absolute Gasteiger partial charge is 0.456 e. The molecule has 1 unspecified atom stereocenters. The summed E-state index contributed by atoms with van der Waals surface area (Å²) in [4.78, 5) is 67.3. The molecule has 9 nitrogen and oxygen atoms in total. The van der Waals surface area contributed by atoms with E-state index >= 15 is 0 Å². The Hall–Kier alpha value is -3.20. The van der Waals surface area contributed by atoms with Gasteiger partial charge in [-0.05, 0) is 38.7 Å². The molecule has 1 saturated carbocycles. The van der Waals surface area contributed by atoms with Crippen LogP contribution in [-0.4, -0.2) is 46.2 Å². The lowest BCUT2D eigenvalue weighted by molar-refractivity contribution is -0.157. The summed E-state index contributed by atoms with van der Waals surface area (Å²) in [5.41, 5.74) is -1.21. The number of nitrogens with zero attached hydrogens (tertiary/aromatic N) is 1. The highest BCUT2D eigenvalue weighted by atomic mass is 35.5. The maximum absolute atomic E-state index is 13.1. The van der Waals surface area contributed by atoms with Gasteiger partial charge in [0.25, 0.3) is 11.5 Å². The molecule has 1 amide bonds. The Morgan fingerprint density at radius 3 is 2.55 bits per heavy atom. The molecule has 2 N–H and O–H groups in total. The number of ketones is 1. The fourth-order valence-electron chi connectivity index (χ4n) is 4.31. The first-order valence-electron chi connectivity index (χ1n) is 10.7. The summed E-state index contributed by atoms with van der Waals surface area (Å²) in [5, 5.41) is 0.394. The number of likely N-dealkylation sites (N-methyl/N-ethyl adjacent to an activating group) is 1. The summed E-state index contributed by atoms with van der Waals surface area (Å²) in [7, 11) is 1.52. The van der Waals surface area contributed by atoms with Gasteiger partial charge in [-0.25, -0.2) is 4.79 Å². The van der Waals surface area contributed by atoms with Crippen LogP contribution in [0, 0.1) is 6.92 Å². The number of aryl methyl sites for hydroxylation is 1. The minimum atomic E-state index is -1.21. The van der Waals surface area contributed by atoms with Crippen molar-refractivity contribution in [3.05, 3.63) is 66.9 Å². The monoisotopic (exact) mass is 475 g/mol. The molecule has 176 valence electrons. The fourth-order valence-corrected chi connectivity index (χ4v) is 4.60. The lowest BCUT2D eigenvalue weighted by Gasteiger charge is -2.43. The Labute approximate surface area is 195 Å². The van der Waals surface area contributed by atoms with Gasteiger partial charge < -0.3 is 14.6 Å². The molecule has 1 aromatic heterocycles. The molecular formula is C23H26ClN3O6. The number of H-pyrrole nitrogens is 2. The first kappa shape index (κ1) is 24.4. The molecule has 1 atom stereocenters. The van der Waals surface area contributed by atoms with Gasteiger partial charge in [-0.2, -0.15) is 0 Å². The van der Waals surface area contributed by atoms with E-state index in [1.807, 2.05) is 0 Å². The first-order valence-corrected chi connectivity index (χ1v) is 11.1. The number of hydrogen-bond donors (Lipinski definition) is 2. The molecule has 1 aliphatic carbocycles. The second-order valence-electron chi connectivity index (χ2n) is 8.10. The Balaban J connectivity index is 1.69. The van der Waals surface area contributed by atoms with E-state index in [0.29, 0.717) is 29.1 Å². The van der Waals surface area contributed by atoms with Gasteiger partial charge in [0.1, 0.15) is 5.54 Å². The highest BCUT2D eigenvalue weighted by Gasteiger charge is 2.47. The minimum absolute atomic E-state index is 0.0445. The minimum Gasteiger partial charge on any atom is -0.456 e. The molecule has 1 fully saturated rings. The summed E-state index contributed by atoms with van der Waals surface area (Å²) in [6.45, 7) is 1.01. The van der Waals surface area contributed by atoms with Crippen molar-refractivity contribution in [1.82, 2.24) is 14.9 Å². The number of carbonyl (C=O) groups is 3. The number of halogens is 1. The second kappa shape index (κ2) is 10.2. The Morgan fingerprint density at radius 2 is 1.88 bits per heavy atom. The molecule has 3 rings (SSSR count). The van der Waals surface area contributed by atoms with Crippen LogP contribution < -0.4 is 11.2 Å². The van der Waals surface area contributed by atoms with Crippen LogP contribution >= 0.6 is 11.6 Å². The van der Waals surface area contributed by atoms with Crippen molar-refractivity contribution in [2.45, 2.75) is 51.0 Å². The molecule has 0 spiro atoms. The fraction of sp³-hybridized carbons (Fsp3) is 0.435. The molecular weight excluding hydrogens is 450 g/mol. The number of esters is 1. The number of aromatic amines is 2. The molecule has 33 heavy (non-hydrogen) atoms. The smallest absolute Gasteiger partial charge is 0.325 e. The summed E-state index contributed by atoms with van der Waals surface area (Å²) >= 11 is 6.40. The van der Waals surface area contributed by atoms with E-state index in [9.17, 15) is 24.0 Å². The van der Waals surface area contributed by atoms with Crippen LogP contribution in [0.1, 0.15) is 48.9 Å². The third-order valence-corrected chi connectivity index (χ3v) is 6.44. The summed E-state index contributed by atoms with van der Waals surface area (Å²) < 4.78 is 5.13. The van der Waals surface area contributed by atoms with Crippen molar-refractivity contribution in [2.24, 2.45) is 0 Å². The SMILES string of the molecule is Cc1[nH]c(=O)[nH]c(=O)c1CCC(=O)OCC(=O)N(C)C1(c2ccccc2Cl)CCCCC1=O. The van der Waals surface area contributed by atoms with Gasteiger partial charge in [-0.1, -0.05) is 29.8 Å². The van der Waals surface area contributed by atoms with Gasteiger partial charge in [0.05, 0.1) is 0 Å². The third-order valence-electron chi connectivity index (χ3n) is 6.11. The zero-order valence-electron chi connectivity index (χ0n) is 18.5. The Bertz CT molecular complexity index is 1190. The topological polar surface area (TPSA) is 129 Å². The predicted octanol–water partition coefficient (Wildman–Crippen LogP) is 2.00. The third kappa shape index (κ3) is 5.08. The summed E-state index contributed by atoms with van der Waals surface area (Å²) in [6.07, 6.45) is 2.15. The maximum Gasteiger partial charge on any atom is 0.325 e. The molecule has 1 aromatic carbocycles. The van der Waals surface area contributed by atoms with E-state index in [4.69, 9.17) is 16.3 Å². The normalized spacial score (nSPS) is 18.1. The Kier molecular flexibility index (Phi) is 7.53. The number of hydrogen-bond acceptors (Lipinski definition) is 6. The van der Waals surface area contributed by atoms with E-state index < -0.39 is 35.3 Å². The van der Waals surface area contributed by atoms with Gasteiger partial charge in [-0.15, -0.1) is 0 Å². The van der Waals surface area contributed by atoms with Crippen molar-refractivity contribution in [1.29, 1.82) is 0 Å². The number of amides is 1. The van der Waals surface area contributed by atoms with E-state index in [0.717, 1.165) is 12.8 Å². The zero-order chi connectivity index (χ0) is 24.2. The average molecular weight is 476 g/mol. The first-order chi connectivity index (χ1) is 15.7. The van der Waals surface area contributed by atoms with E-state index in [1.165, 1.54) is 11.9 Å². The number of benzene rings is 1. The van der Waals surface area contributed by atoms with E-state index in [1.54, 1.807) is 31.2 Å². The summed E-state index contributed by atoms with van der Waals surface area (Å²) in [6, 6.07) is 6.94.